The smallest absolute Gasteiger partial charge is 0.239 e. The summed E-state index contributed by atoms with van der Waals surface area (Å²) in [5, 5.41) is 0. The number of likely N-dealkylation sites (N-methyl/N-ethyl adjacent to an activating group) is 1. The highest BCUT2D eigenvalue weighted by molar-refractivity contribution is 5.85. The summed E-state index contributed by atoms with van der Waals surface area (Å²) < 4.78 is 0. The zero-order valence-electron chi connectivity index (χ0n) is 11.5. The van der Waals surface area contributed by atoms with Crippen molar-refractivity contribution in [3.63, 3.8) is 0 Å². The summed E-state index contributed by atoms with van der Waals surface area (Å²) in [6.07, 6.45) is 0. The Morgan fingerprint density at radius 2 is 1.78 bits per heavy atom. The Morgan fingerprint density at radius 1 is 1.28 bits per heavy atom. The van der Waals surface area contributed by atoms with E-state index in [4.69, 9.17) is 5.73 Å². The highest BCUT2D eigenvalue weighted by Crippen LogP contribution is 2.08. The molecule has 0 aliphatic carbocycles. The van der Waals surface area contributed by atoms with Gasteiger partial charge in [0.25, 0.3) is 0 Å². The number of nitrogens with two attached hydrogens (primary N) is 1. The second-order valence-corrected chi connectivity index (χ2v) is 4.95. The molecule has 0 saturated heterocycles. The van der Waals surface area contributed by atoms with Crippen LogP contribution in [0.1, 0.15) is 25.0 Å². The Bertz CT molecular complexity index is 376. The third-order valence-corrected chi connectivity index (χ3v) is 2.92. The molecule has 0 aliphatic rings. The number of carbonyl (C=O) groups is 1. The van der Waals surface area contributed by atoms with Gasteiger partial charge >= 0.3 is 0 Å². The number of aryl methyl sites for hydroxylation is 1. The van der Waals surface area contributed by atoms with Gasteiger partial charge < -0.3 is 10.6 Å². The van der Waals surface area contributed by atoms with E-state index in [1.54, 1.807) is 11.9 Å². The summed E-state index contributed by atoms with van der Waals surface area (Å²) in [6, 6.07) is 7.77. The highest BCUT2D eigenvalue weighted by atomic mass is 35.5. The first kappa shape index (κ1) is 16.9. The minimum absolute atomic E-state index is 0. The first-order valence-electron chi connectivity index (χ1n) is 5.98. The summed E-state index contributed by atoms with van der Waals surface area (Å²) in [5.74, 6) is 0.170. The summed E-state index contributed by atoms with van der Waals surface area (Å²) in [4.78, 5) is 13.6. The van der Waals surface area contributed by atoms with E-state index in [-0.39, 0.29) is 24.2 Å². The van der Waals surface area contributed by atoms with E-state index < -0.39 is 6.04 Å². The maximum Gasteiger partial charge on any atom is 0.239 e. The molecule has 3 nitrogen and oxygen atoms in total. The van der Waals surface area contributed by atoms with Crippen LogP contribution in [0.4, 0.5) is 0 Å². The molecule has 102 valence electrons. The molecule has 1 atom stereocenters. The van der Waals surface area contributed by atoms with Crippen LogP contribution >= 0.6 is 12.4 Å². The first-order valence-corrected chi connectivity index (χ1v) is 5.98. The molecule has 0 unspecified atom stereocenters. The molecule has 0 aliphatic heterocycles. The monoisotopic (exact) mass is 270 g/mol. The second-order valence-electron chi connectivity index (χ2n) is 4.95. The van der Waals surface area contributed by atoms with Crippen LogP contribution in [0.3, 0.4) is 0 Å². The fourth-order valence-electron chi connectivity index (χ4n) is 1.58. The van der Waals surface area contributed by atoms with Gasteiger partial charge in [-0.25, -0.2) is 0 Å². The number of rotatable bonds is 4. The van der Waals surface area contributed by atoms with Gasteiger partial charge in [-0.3, -0.25) is 4.79 Å². The molecule has 1 rings (SSSR count). The SMILES string of the molecule is Cc1ccc(CN(C)C(=O)[C@H](N)C(C)C)cc1.Cl. The zero-order valence-corrected chi connectivity index (χ0v) is 12.3. The number of halogens is 1. The van der Waals surface area contributed by atoms with Gasteiger partial charge in [0.05, 0.1) is 6.04 Å². The topological polar surface area (TPSA) is 46.3 Å². The normalized spacial score (nSPS) is 11.9. The van der Waals surface area contributed by atoms with Gasteiger partial charge in [0.2, 0.25) is 5.91 Å². The molecule has 1 aromatic rings. The van der Waals surface area contributed by atoms with Gasteiger partial charge in [0.1, 0.15) is 0 Å². The minimum Gasteiger partial charge on any atom is -0.340 e. The summed E-state index contributed by atoms with van der Waals surface area (Å²) in [7, 11) is 1.80. The standard InChI is InChI=1S/C14H22N2O.ClH/c1-10(2)13(15)14(17)16(4)9-12-7-5-11(3)6-8-12;/h5-8,10,13H,9,15H2,1-4H3;1H/t13-;/m1./s1. The lowest BCUT2D eigenvalue weighted by atomic mass is 10.0. The van der Waals surface area contributed by atoms with E-state index in [1.165, 1.54) is 5.56 Å². The molecule has 0 saturated carbocycles. The second kappa shape index (κ2) is 7.39. The van der Waals surface area contributed by atoms with Crippen molar-refractivity contribution in [3.05, 3.63) is 35.4 Å². The summed E-state index contributed by atoms with van der Waals surface area (Å²) >= 11 is 0. The van der Waals surface area contributed by atoms with Crippen molar-refractivity contribution in [1.29, 1.82) is 0 Å². The van der Waals surface area contributed by atoms with Gasteiger partial charge in [0, 0.05) is 13.6 Å². The molecule has 0 radical (unpaired) electrons. The Hall–Kier alpha value is -1.06. The third kappa shape index (κ3) is 4.67. The average molecular weight is 271 g/mol. The van der Waals surface area contributed by atoms with Crippen LogP contribution in [0.25, 0.3) is 0 Å². The van der Waals surface area contributed by atoms with Gasteiger partial charge in [-0.1, -0.05) is 43.7 Å². The Kier molecular flexibility index (Phi) is 6.96. The lowest BCUT2D eigenvalue weighted by molar-refractivity contribution is -0.132. The number of amides is 1. The van der Waals surface area contributed by atoms with Gasteiger partial charge in [-0.2, -0.15) is 0 Å². The molecular weight excluding hydrogens is 248 g/mol. The predicted molar refractivity (Wildman–Crippen MR) is 77.7 cm³/mol. The van der Waals surface area contributed by atoms with Crippen molar-refractivity contribution in [2.75, 3.05) is 7.05 Å². The highest BCUT2D eigenvalue weighted by Gasteiger charge is 2.20. The molecule has 0 heterocycles. The maximum atomic E-state index is 12.0. The molecule has 1 amide bonds. The number of benzene rings is 1. The molecular formula is C14H23ClN2O. The number of hydrogen-bond donors (Lipinski definition) is 1. The van der Waals surface area contributed by atoms with Crippen LogP contribution in [0.2, 0.25) is 0 Å². The molecule has 18 heavy (non-hydrogen) atoms. The molecule has 4 heteroatoms. The summed E-state index contributed by atoms with van der Waals surface area (Å²) in [5.41, 5.74) is 8.20. The van der Waals surface area contributed by atoms with Crippen LogP contribution in [-0.4, -0.2) is 23.9 Å². The Labute approximate surface area is 116 Å². The molecule has 1 aromatic carbocycles. The Morgan fingerprint density at radius 3 is 2.22 bits per heavy atom. The number of hydrogen-bond acceptors (Lipinski definition) is 2. The Balaban J connectivity index is 0.00000289. The van der Waals surface area contributed by atoms with E-state index >= 15 is 0 Å². The minimum atomic E-state index is -0.412. The maximum absolute atomic E-state index is 12.0. The van der Waals surface area contributed by atoms with Crippen molar-refractivity contribution in [2.45, 2.75) is 33.4 Å². The van der Waals surface area contributed by atoms with Gasteiger partial charge in [-0.05, 0) is 18.4 Å². The van der Waals surface area contributed by atoms with Crippen molar-refractivity contribution in [2.24, 2.45) is 11.7 Å². The third-order valence-electron chi connectivity index (χ3n) is 2.92. The molecule has 0 spiro atoms. The predicted octanol–water partition coefficient (Wildman–Crippen LogP) is 2.36. The van der Waals surface area contributed by atoms with Crippen LogP contribution in [-0.2, 0) is 11.3 Å². The van der Waals surface area contributed by atoms with Crippen molar-refractivity contribution >= 4 is 18.3 Å². The van der Waals surface area contributed by atoms with Gasteiger partial charge in [0.15, 0.2) is 0 Å². The molecule has 2 N–H and O–H groups in total. The van der Waals surface area contributed by atoms with E-state index in [1.807, 2.05) is 32.9 Å². The van der Waals surface area contributed by atoms with Crippen molar-refractivity contribution < 1.29 is 4.79 Å². The summed E-state index contributed by atoms with van der Waals surface area (Å²) in [6.45, 7) is 6.58. The first-order chi connectivity index (χ1) is 7.91. The van der Waals surface area contributed by atoms with Crippen molar-refractivity contribution in [1.82, 2.24) is 4.90 Å². The van der Waals surface area contributed by atoms with Gasteiger partial charge in [-0.15, -0.1) is 12.4 Å². The van der Waals surface area contributed by atoms with Crippen molar-refractivity contribution in [3.8, 4) is 0 Å². The largest absolute Gasteiger partial charge is 0.340 e. The number of nitrogens with zero attached hydrogens (tertiary/aromatic N) is 1. The quantitative estimate of drug-likeness (QED) is 0.913. The zero-order chi connectivity index (χ0) is 13.0. The lowest BCUT2D eigenvalue weighted by Crippen LogP contribution is -2.44. The van der Waals surface area contributed by atoms with Crippen LogP contribution in [0, 0.1) is 12.8 Å². The fraction of sp³-hybridized carbons (Fsp3) is 0.500. The van der Waals surface area contributed by atoms with Crippen LogP contribution < -0.4 is 5.73 Å². The molecule has 0 aromatic heterocycles. The number of carbonyl (C=O) groups excluding carboxylic acids is 1. The molecule has 0 bridgehead atoms. The van der Waals surface area contributed by atoms with E-state index in [2.05, 4.69) is 12.1 Å². The molecule has 0 fully saturated rings. The van der Waals surface area contributed by atoms with E-state index in [9.17, 15) is 4.79 Å². The fourth-order valence-corrected chi connectivity index (χ4v) is 1.58. The van der Waals surface area contributed by atoms with Crippen LogP contribution in [0.5, 0.6) is 0 Å². The van der Waals surface area contributed by atoms with E-state index in [0.717, 1.165) is 5.56 Å². The average Bonchev–Trinajstić information content (AvgIpc) is 2.30. The van der Waals surface area contributed by atoms with Crippen LogP contribution in [0.15, 0.2) is 24.3 Å². The van der Waals surface area contributed by atoms with E-state index in [0.29, 0.717) is 6.54 Å². The lowest BCUT2D eigenvalue weighted by Gasteiger charge is -2.23.